The van der Waals surface area contributed by atoms with Crippen LogP contribution in [0.2, 0.25) is 10.0 Å². The molecule has 8 rings (SSSR count). The molecule has 0 radical (unpaired) electrons. The Hall–Kier alpha value is -7.46. The van der Waals surface area contributed by atoms with E-state index in [0.717, 1.165) is 42.6 Å². The van der Waals surface area contributed by atoms with Crippen LogP contribution >= 0.6 is 23.2 Å². The number of benzene rings is 4. The van der Waals surface area contributed by atoms with Crippen LogP contribution in [0.25, 0.3) is 56.5 Å². The zero-order valence-electron chi connectivity index (χ0n) is 32.7. The summed E-state index contributed by atoms with van der Waals surface area (Å²) in [6.45, 7) is 1.33. The summed E-state index contributed by atoms with van der Waals surface area (Å²) >= 11 is 12.0. The number of para-hydroxylation sites is 2. The van der Waals surface area contributed by atoms with Crippen LogP contribution in [0.4, 0.5) is 43.9 Å². The van der Waals surface area contributed by atoms with Crippen molar-refractivity contribution in [2.45, 2.75) is 19.3 Å². The molecule has 0 aliphatic carbocycles. The largest absolute Gasteiger partial charge is 0.477 e. The third kappa shape index (κ3) is 8.71. The second kappa shape index (κ2) is 18.2. The molecule has 4 heterocycles. The molecule has 0 atom stereocenters. The van der Waals surface area contributed by atoms with E-state index in [4.69, 9.17) is 37.0 Å². The molecule has 0 amide bonds. The minimum atomic E-state index is -5.10. The number of esters is 1. The fraction of sp³-hybridized carbons (Fsp3) is 0.0952. The van der Waals surface area contributed by atoms with E-state index < -0.39 is 121 Å². The van der Waals surface area contributed by atoms with Crippen LogP contribution in [-0.4, -0.2) is 53.5 Å². The van der Waals surface area contributed by atoms with Gasteiger partial charge in [-0.15, -0.1) is 0 Å². The number of nitrogens with zero attached hydrogens (tertiary/aromatic N) is 6. The maximum atomic E-state index is 14.6. The number of aromatic carboxylic acids is 1. The summed E-state index contributed by atoms with van der Waals surface area (Å²) in [4.78, 5) is 24.7. The highest BCUT2D eigenvalue weighted by Gasteiger charge is 2.44. The molecule has 8 aromatic rings. The summed E-state index contributed by atoms with van der Waals surface area (Å²) < 4.78 is 157. The Morgan fingerprint density at radius 3 is 1.39 bits per heavy atom. The van der Waals surface area contributed by atoms with Crippen LogP contribution in [0, 0.1) is 23.3 Å². The van der Waals surface area contributed by atoms with Gasteiger partial charge in [-0.05, 0) is 55.5 Å². The molecule has 0 fully saturated rings. The molecule has 1 N–H and O–H groups in total. The number of carbonyl (C=O) groups excluding carboxylic acids is 1. The molecule has 12 nitrogen and oxygen atoms in total. The average Bonchev–Trinajstić information content (AvgIpc) is 4.06. The van der Waals surface area contributed by atoms with E-state index in [1.54, 1.807) is 0 Å². The van der Waals surface area contributed by atoms with Gasteiger partial charge in [-0.2, -0.15) is 36.5 Å². The van der Waals surface area contributed by atoms with Crippen molar-refractivity contribution in [3.05, 3.63) is 153 Å². The van der Waals surface area contributed by atoms with Crippen molar-refractivity contribution in [1.82, 2.24) is 29.9 Å². The third-order valence-corrected chi connectivity index (χ3v) is 9.83. The fourth-order valence-corrected chi connectivity index (χ4v) is 7.02. The number of alkyl halides is 6. The predicted molar refractivity (Wildman–Crippen MR) is 212 cm³/mol. The molecule has 0 bridgehead atoms. The smallest absolute Gasteiger partial charge is 0.434 e. The molecule has 0 saturated carbocycles. The van der Waals surface area contributed by atoms with E-state index in [-0.39, 0.29) is 26.9 Å². The monoisotopic (exact) mass is 966 g/mol. The minimum Gasteiger partial charge on any atom is -0.477 e. The number of halogens is 12. The lowest BCUT2D eigenvalue weighted by molar-refractivity contribution is -0.143. The molecule has 0 saturated heterocycles. The van der Waals surface area contributed by atoms with E-state index in [9.17, 15) is 58.6 Å². The number of carbonyl (C=O) groups is 2. The van der Waals surface area contributed by atoms with Gasteiger partial charge in [-0.3, -0.25) is 0 Å². The van der Waals surface area contributed by atoms with Crippen LogP contribution in [0.5, 0.6) is 0 Å². The molecule has 340 valence electrons. The maximum absolute atomic E-state index is 14.6. The van der Waals surface area contributed by atoms with Gasteiger partial charge in [0.25, 0.3) is 0 Å². The Bertz CT molecular complexity index is 3100. The molecule has 66 heavy (non-hydrogen) atoms. The second-order valence-electron chi connectivity index (χ2n) is 13.2. The van der Waals surface area contributed by atoms with E-state index >= 15 is 0 Å². The highest BCUT2D eigenvalue weighted by Crippen LogP contribution is 2.45. The maximum Gasteiger partial charge on any atom is 0.434 e. The van der Waals surface area contributed by atoms with Crippen LogP contribution in [-0.2, 0) is 17.1 Å². The van der Waals surface area contributed by atoms with Gasteiger partial charge < -0.3 is 18.9 Å². The summed E-state index contributed by atoms with van der Waals surface area (Å²) in [5, 5.41) is 23.6. The normalized spacial score (nSPS) is 11.7. The molecule has 24 heteroatoms. The number of ether oxygens (including phenoxy) is 1. The first-order valence-electron chi connectivity index (χ1n) is 18.4. The Balaban J connectivity index is 0.000000197. The van der Waals surface area contributed by atoms with E-state index in [2.05, 4.69) is 20.5 Å². The standard InChI is InChI=1S/C22H13ClF5N3O3.C20H9ClF5N3O3/c1-2-33-21(32)17-18(16-12(23)6-5-8-14(16)25)30-34-19(17)11-10-29-31(20(11)22(26,27)28)15-9-4-3-7-13(15)24;21-10-4-3-6-12(23)14(10)16-15(19(30)31)17(32-28-16)9-8-27-29(18(9)20(24,25)26)13-7-2-1-5-11(13)22/h3-10H,2H2,1H3;1-8H,(H,30,31). The van der Waals surface area contributed by atoms with Crippen LogP contribution < -0.4 is 0 Å². The van der Waals surface area contributed by atoms with Gasteiger partial charge in [0.2, 0.25) is 0 Å². The Kier molecular flexibility index (Phi) is 12.8. The number of aromatic nitrogens is 6. The van der Waals surface area contributed by atoms with Gasteiger partial charge in [0, 0.05) is 0 Å². The van der Waals surface area contributed by atoms with Crippen molar-refractivity contribution in [2.75, 3.05) is 6.61 Å². The van der Waals surface area contributed by atoms with Gasteiger partial charge in [0.05, 0.1) is 51.3 Å². The van der Waals surface area contributed by atoms with Crippen molar-refractivity contribution in [3.8, 4) is 56.5 Å². The third-order valence-electron chi connectivity index (χ3n) is 9.20. The summed E-state index contributed by atoms with van der Waals surface area (Å²) in [5.41, 5.74) is -8.87. The lowest BCUT2D eigenvalue weighted by Gasteiger charge is -2.13. The number of hydrogen-bond donors (Lipinski definition) is 1. The number of carboxylic acid groups (broad SMARTS) is 1. The van der Waals surface area contributed by atoms with Gasteiger partial charge >= 0.3 is 24.3 Å². The van der Waals surface area contributed by atoms with Gasteiger partial charge in [-0.1, -0.05) is 69.9 Å². The quantitative estimate of drug-likeness (QED) is 0.109. The average molecular weight is 968 g/mol. The zero-order chi connectivity index (χ0) is 47.8. The predicted octanol–water partition coefficient (Wildman–Crippen LogP) is 12.2. The van der Waals surface area contributed by atoms with Gasteiger partial charge in [0.15, 0.2) is 22.9 Å². The summed E-state index contributed by atoms with van der Waals surface area (Å²) in [7, 11) is 0. The van der Waals surface area contributed by atoms with Crippen molar-refractivity contribution >= 4 is 35.1 Å². The van der Waals surface area contributed by atoms with E-state index in [0.29, 0.717) is 10.9 Å². The van der Waals surface area contributed by atoms with Gasteiger partial charge in [-0.25, -0.2) is 36.5 Å². The lowest BCUT2D eigenvalue weighted by atomic mass is 10.0. The summed E-state index contributed by atoms with van der Waals surface area (Å²) in [5.74, 6) is -8.23. The Morgan fingerprint density at radius 2 is 1.02 bits per heavy atom. The lowest BCUT2D eigenvalue weighted by Crippen LogP contribution is -2.16. The molecule has 0 unspecified atom stereocenters. The van der Waals surface area contributed by atoms with E-state index in [1.807, 2.05) is 0 Å². The topological polar surface area (TPSA) is 151 Å². The van der Waals surface area contributed by atoms with Crippen molar-refractivity contribution < 1.29 is 72.4 Å². The van der Waals surface area contributed by atoms with Crippen molar-refractivity contribution in [1.29, 1.82) is 0 Å². The van der Waals surface area contributed by atoms with Crippen molar-refractivity contribution in [3.63, 3.8) is 0 Å². The molecule has 4 aromatic carbocycles. The summed E-state index contributed by atoms with van der Waals surface area (Å²) in [6.07, 6.45) is -8.77. The van der Waals surface area contributed by atoms with Crippen LogP contribution in [0.3, 0.4) is 0 Å². The SMILES string of the molecule is CCOC(=O)c1c(-c2c(F)cccc2Cl)noc1-c1cnn(-c2ccccc2F)c1C(F)(F)F.O=C(O)c1c(-c2c(F)cccc2Cl)noc1-c1cnn(-c2ccccc2F)c1C(F)(F)F. The number of rotatable bonds is 9. The van der Waals surface area contributed by atoms with Crippen LogP contribution in [0.15, 0.2) is 106 Å². The molecule has 0 aliphatic heterocycles. The molecule has 4 aromatic heterocycles. The highest BCUT2D eigenvalue weighted by atomic mass is 35.5. The first kappa shape index (κ1) is 46.5. The number of hydrogen-bond acceptors (Lipinski definition) is 9. The molecule has 0 spiro atoms. The highest BCUT2D eigenvalue weighted by molar-refractivity contribution is 6.34. The second-order valence-corrected chi connectivity index (χ2v) is 14.0. The first-order chi connectivity index (χ1) is 31.3. The molecular weight excluding hydrogens is 945 g/mol. The summed E-state index contributed by atoms with van der Waals surface area (Å²) in [6, 6.07) is 16.4. The Labute approximate surface area is 372 Å². The molecule has 0 aliphatic rings. The van der Waals surface area contributed by atoms with E-state index in [1.165, 1.54) is 55.5 Å². The number of carboxylic acids is 1. The van der Waals surface area contributed by atoms with Crippen LogP contribution in [0.1, 0.15) is 39.0 Å². The minimum absolute atomic E-state index is 0.144. The Morgan fingerprint density at radius 1 is 0.621 bits per heavy atom. The molecular formula is C42H22Cl2F10N6O6. The van der Waals surface area contributed by atoms with Crippen molar-refractivity contribution in [2.24, 2.45) is 0 Å². The van der Waals surface area contributed by atoms with Gasteiger partial charge in [0.1, 0.15) is 57.2 Å². The first-order valence-corrected chi connectivity index (χ1v) is 19.1. The fourth-order valence-electron chi connectivity index (χ4n) is 6.52. The zero-order valence-corrected chi connectivity index (χ0v) is 34.2.